The SMILES string of the molecule is COPCOCC1O[C@@H](n2ncc3c(NC4CCCC4)c(C#N)c(Cl)nc32)[C@H](O)[C@@H]1O. The fourth-order valence-corrected chi connectivity index (χ4v) is 4.62. The summed E-state index contributed by atoms with van der Waals surface area (Å²) in [6.07, 6.45) is 2.16. The number of ether oxygens (including phenoxy) is 2. The van der Waals surface area contributed by atoms with Crippen molar-refractivity contribution in [3.05, 3.63) is 16.9 Å². The highest BCUT2D eigenvalue weighted by molar-refractivity contribution is 7.31. The summed E-state index contributed by atoms with van der Waals surface area (Å²) in [6, 6.07) is 2.38. The van der Waals surface area contributed by atoms with Gasteiger partial charge in [-0.1, -0.05) is 24.4 Å². The van der Waals surface area contributed by atoms with Gasteiger partial charge in [0, 0.05) is 22.0 Å². The Morgan fingerprint density at radius 2 is 2.16 bits per heavy atom. The van der Waals surface area contributed by atoms with Crippen LogP contribution >= 0.6 is 20.4 Å². The first-order valence-electron chi connectivity index (χ1n) is 10.1. The third-order valence-corrected chi connectivity index (χ3v) is 6.56. The second-order valence-corrected chi connectivity index (χ2v) is 8.97. The molecule has 10 nitrogen and oxygen atoms in total. The van der Waals surface area contributed by atoms with Crippen LogP contribution in [0.2, 0.25) is 5.15 Å². The Bertz CT molecular complexity index is 963. The predicted octanol–water partition coefficient (Wildman–Crippen LogP) is 2.14. The number of hydrogen-bond acceptors (Lipinski definition) is 9. The van der Waals surface area contributed by atoms with Gasteiger partial charge in [0.1, 0.15) is 29.9 Å². The lowest BCUT2D eigenvalue weighted by Gasteiger charge is -2.18. The van der Waals surface area contributed by atoms with E-state index in [1.165, 1.54) is 4.68 Å². The topological polar surface area (TPSA) is 135 Å². The molecule has 2 aromatic heterocycles. The van der Waals surface area contributed by atoms with Crippen molar-refractivity contribution in [2.24, 2.45) is 0 Å². The molecule has 12 heteroatoms. The van der Waals surface area contributed by atoms with E-state index in [1.807, 2.05) is 0 Å². The summed E-state index contributed by atoms with van der Waals surface area (Å²) >= 11 is 6.32. The molecular weight excluding hydrogens is 445 g/mol. The van der Waals surface area contributed by atoms with Crippen LogP contribution < -0.4 is 5.32 Å². The van der Waals surface area contributed by atoms with Crippen molar-refractivity contribution >= 4 is 37.1 Å². The molecule has 5 atom stereocenters. The Kier molecular flexibility index (Phi) is 7.24. The van der Waals surface area contributed by atoms with E-state index in [-0.39, 0.29) is 32.2 Å². The van der Waals surface area contributed by atoms with Gasteiger partial charge in [-0.25, -0.2) is 9.67 Å². The minimum atomic E-state index is -1.23. The van der Waals surface area contributed by atoms with E-state index in [0.717, 1.165) is 25.7 Å². The van der Waals surface area contributed by atoms with Crippen molar-refractivity contribution in [2.45, 2.75) is 56.3 Å². The molecule has 1 saturated heterocycles. The van der Waals surface area contributed by atoms with Crippen molar-refractivity contribution in [2.75, 3.05) is 25.4 Å². The number of aromatic nitrogens is 3. The maximum absolute atomic E-state index is 10.6. The van der Waals surface area contributed by atoms with Gasteiger partial charge in [-0.05, 0) is 12.8 Å². The van der Waals surface area contributed by atoms with E-state index in [9.17, 15) is 15.5 Å². The second-order valence-electron chi connectivity index (χ2n) is 7.63. The van der Waals surface area contributed by atoms with Crippen molar-refractivity contribution in [3.8, 4) is 6.07 Å². The first-order chi connectivity index (χ1) is 15.0. The van der Waals surface area contributed by atoms with E-state index in [0.29, 0.717) is 23.1 Å². The summed E-state index contributed by atoms with van der Waals surface area (Å²) in [6.45, 7) is 0.103. The first-order valence-corrected chi connectivity index (χ1v) is 11.6. The number of nitriles is 1. The average Bonchev–Trinajstić information content (AvgIpc) is 3.47. The molecule has 1 aliphatic carbocycles. The number of pyridine rings is 1. The highest BCUT2D eigenvalue weighted by Crippen LogP contribution is 2.37. The summed E-state index contributed by atoms with van der Waals surface area (Å²) in [5, 5.41) is 39.1. The standard InChI is InChI=1S/C19H25ClN5O5P/c1-28-31-9-29-8-13-15(26)16(27)19(30-13)25-18-12(7-22-25)14(11(6-21)17(20)24-18)23-10-4-2-3-5-10/h7,10,13,15-16,19,26-27,31H,2-5,8-9H2,1H3,(H,23,24)/t13?,15-,16-,19-/m1/s1. The van der Waals surface area contributed by atoms with Crippen LogP contribution in [-0.4, -0.2) is 69.4 Å². The zero-order chi connectivity index (χ0) is 22.0. The summed E-state index contributed by atoms with van der Waals surface area (Å²) in [5.74, 6) is 0. The van der Waals surface area contributed by atoms with Crippen LogP contribution in [0.1, 0.15) is 37.5 Å². The molecule has 1 aliphatic heterocycles. The van der Waals surface area contributed by atoms with Gasteiger partial charge in [-0.3, -0.25) is 0 Å². The van der Waals surface area contributed by atoms with Gasteiger partial charge < -0.3 is 29.5 Å². The van der Waals surface area contributed by atoms with Gasteiger partial charge >= 0.3 is 0 Å². The van der Waals surface area contributed by atoms with Crippen molar-refractivity contribution < 1.29 is 24.2 Å². The summed E-state index contributed by atoms with van der Waals surface area (Å²) in [5.41, 5.74) is 1.21. The van der Waals surface area contributed by atoms with E-state index in [4.69, 9.17) is 25.6 Å². The third-order valence-electron chi connectivity index (χ3n) is 5.68. The number of nitrogens with zero attached hydrogens (tertiary/aromatic N) is 4. The maximum atomic E-state index is 10.6. The Morgan fingerprint density at radius 1 is 1.39 bits per heavy atom. The van der Waals surface area contributed by atoms with E-state index in [1.54, 1.807) is 13.3 Å². The maximum Gasteiger partial charge on any atom is 0.181 e. The average molecular weight is 470 g/mol. The van der Waals surface area contributed by atoms with E-state index >= 15 is 0 Å². The summed E-state index contributed by atoms with van der Waals surface area (Å²) in [7, 11) is 1.76. The van der Waals surface area contributed by atoms with Gasteiger partial charge in [0.05, 0.1) is 30.2 Å². The number of aliphatic hydroxyl groups excluding tert-OH is 2. The van der Waals surface area contributed by atoms with E-state index in [2.05, 4.69) is 21.5 Å². The lowest BCUT2D eigenvalue weighted by atomic mass is 10.1. The van der Waals surface area contributed by atoms with Crippen LogP contribution in [0.5, 0.6) is 0 Å². The third kappa shape index (κ3) is 4.50. The fourth-order valence-electron chi connectivity index (χ4n) is 4.09. The molecule has 0 radical (unpaired) electrons. The molecule has 2 unspecified atom stereocenters. The predicted molar refractivity (Wildman–Crippen MR) is 115 cm³/mol. The normalized spacial score (nSPS) is 26.9. The van der Waals surface area contributed by atoms with Gasteiger partial charge in [-0.15, -0.1) is 0 Å². The molecule has 1 saturated carbocycles. The van der Waals surface area contributed by atoms with Gasteiger partial charge in [-0.2, -0.15) is 10.4 Å². The van der Waals surface area contributed by atoms with Crippen LogP contribution in [-0.2, 0) is 14.0 Å². The van der Waals surface area contributed by atoms with Crippen molar-refractivity contribution in [1.29, 1.82) is 5.26 Å². The van der Waals surface area contributed by atoms with Gasteiger partial charge in [0.15, 0.2) is 17.0 Å². The smallest absolute Gasteiger partial charge is 0.181 e. The van der Waals surface area contributed by atoms with Crippen LogP contribution in [0, 0.1) is 11.3 Å². The highest BCUT2D eigenvalue weighted by atomic mass is 35.5. The fraction of sp³-hybridized carbons (Fsp3) is 0.632. The number of rotatable bonds is 8. The number of fused-ring (bicyclic) bond motifs is 1. The molecule has 2 aliphatic rings. The molecule has 0 bridgehead atoms. The quantitative estimate of drug-likeness (QED) is 0.302. The van der Waals surface area contributed by atoms with Crippen molar-refractivity contribution in [3.63, 3.8) is 0 Å². The molecule has 2 fully saturated rings. The molecule has 3 N–H and O–H groups in total. The second kappa shape index (κ2) is 9.92. The highest BCUT2D eigenvalue weighted by Gasteiger charge is 2.45. The monoisotopic (exact) mass is 469 g/mol. The molecular formula is C19H25ClN5O5P. The lowest BCUT2D eigenvalue weighted by Crippen LogP contribution is -2.34. The summed E-state index contributed by atoms with van der Waals surface area (Å²) < 4.78 is 17.7. The zero-order valence-electron chi connectivity index (χ0n) is 17.0. The number of halogens is 1. The van der Waals surface area contributed by atoms with Crippen LogP contribution in [0.3, 0.4) is 0 Å². The molecule has 4 rings (SSSR count). The minimum absolute atomic E-state index is 0.0470. The molecule has 168 valence electrons. The number of aliphatic hydroxyl groups is 2. The zero-order valence-corrected chi connectivity index (χ0v) is 18.7. The Morgan fingerprint density at radius 3 is 2.87 bits per heavy atom. The summed E-state index contributed by atoms with van der Waals surface area (Å²) in [4.78, 5) is 4.34. The number of hydrogen-bond donors (Lipinski definition) is 3. The largest absolute Gasteiger partial charge is 0.387 e. The Hall–Kier alpha value is -1.57. The van der Waals surface area contributed by atoms with Crippen LogP contribution in [0.25, 0.3) is 11.0 Å². The Labute approximate surface area is 186 Å². The molecule has 0 amide bonds. The molecule has 31 heavy (non-hydrogen) atoms. The van der Waals surface area contributed by atoms with Gasteiger partial charge in [0.2, 0.25) is 0 Å². The number of anilines is 1. The molecule has 2 aromatic rings. The minimum Gasteiger partial charge on any atom is -0.387 e. The number of nitrogens with one attached hydrogen (secondary N) is 1. The molecule has 0 aromatic carbocycles. The van der Waals surface area contributed by atoms with Gasteiger partial charge in [0.25, 0.3) is 0 Å². The lowest BCUT2D eigenvalue weighted by molar-refractivity contribution is -0.0649. The van der Waals surface area contributed by atoms with Crippen molar-refractivity contribution in [1.82, 2.24) is 14.8 Å². The van der Waals surface area contributed by atoms with E-state index < -0.39 is 24.5 Å². The van der Waals surface area contributed by atoms with Crippen LogP contribution in [0.4, 0.5) is 5.69 Å². The molecule has 3 heterocycles. The molecule has 0 spiro atoms. The first kappa shape index (κ1) is 22.6. The Balaban J connectivity index is 1.62. The van der Waals surface area contributed by atoms with Crippen LogP contribution in [0.15, 0.2) is 6.20 Å².